The number of ether oxygens (including phenoxy) is 1. The van der Waals surface area contributed by atoms with E-state index < -0.39 is 29.7 Å². The molecular formula is C44H47ClN8O5. The Bertz CT molecular complexity index is 2310. The van der Waals surface area contributed by atoms with E-state index in [1.165, 1.54) is 18.4 Å². The van der Waals surface area contributed by atoms with Crippen molar-refractivity contribution in [3.05, 3.63) is 82.0 Å². The van der Waals surface area contributed by atoms with Crippen LogP contribution in [0.3, 0.4) is 0 Å². The molecule has 1 aromatic heterocycles. The Balaban J connectivity index is 0.749. The number of piperidine rings is 3. The Morgan fingerprint density at radius 2 is 1.52 bits per heavy atom. The zero-order chi connectivity index (χ0) is 40.1. The molecule has 4 saturated heterocycles. The zero-order valence-electron chi connectivity index (χ0n) is 32.6. The van der Waals surface area contributed by atoms with Crippen molar-refractivity contribution in [2.24, 2.45) is 5.92 Å². The lowest BCUT2D eigenvalue weighted by Crippen LogP contribution is -2.54. The third-order valence-corrected chi connectivity index (χ3v) is 13.3. The van der Waals surface area contributed by atoms with E-state index in [1.54, 1.807) is 12.3 Å². The average Bonchev–Trinajstić information content (AvgIpc) is 3.80. The first-order valence-electron chi connectivity index (χ1n) is 20.4. The third kappa shape index (κ3) is 6.92. The van der Waals surface area contributed by atoms with Crippen molar-refractivity contribution in [2.45, 2.75) is 50.5 Å². The van der Waals surface area contributed by atoms with Crippen molar-refractivity contribution >= 4 is 63.2 Å². The SMILES string of the molecule is COc1cc(N2CCN(CC3CCN(c4ccc(C5CCN(c6ccc(Cl)c7c(C#N)c[nH]c67)CC5)cc4)CC3)CC2)cc2c1C(=O)N(C1CCC(=O)NC1=O)C2=O. The van der Waals surface area contributed by atoms with Crippen molar-refractivity contribution in [1.82, 2.24) is 20.1 Å². The summed E-state index contributed by atoms with van der Waals surface area (Å²) in [6, 6.07) is 18.0. The molecule has 4 aromatic rings. The molecule has 14 heteroatoms. The molecule has 0 saturated carbocycles. The first-order valence-corrected chi connectivity index (χ1v) is 20.8. The van der Waals surface area contributed by atoms with Gasteiger partial charge in [0, 0.05) is 94.3 Å². The molecule has 6 heterocycles. The number of nitrogens with zero attached hydrogens (tertiary/aromatic N) is 6. The summed E-state index contributed by atoms with van der Waals surface area (Å²) in [5.41, 5.74) is 6.55. The predicted molar refractivity (Wildman–Crippen MR) is 222 cm³/mol. The van der Waals surface area contributed by atoms with E-state index in [2.05, 4.69) is 66.3 Å². The summed E-state index contributed by atoms with van der Waals surface area (Å²) in [6.45, 7) is 8.41. The first kappa shape index (κ1) is 38.0. The van der Waals surface area contributed by atoms with Gasteiger partial charge in [0.2, 0.25) is 11.8 Å². The lowest BCUT2D eigenvalue weighted by molar-refractivity contribution is -0.136. The lowest BCUT2D eigenvalue weighted by Gasteiger charge is -2.40. The number of piperazine rings is 1. The van der Waals surface area contributed by atoms with E-state index in [0.29, 0.717) is 28.2 Å². The van der Waals surface area contributed by atoms with Crippen molar-refractivity contribution in [3.8, 4) is 11.8 Å². The van der Waals surface area contributed by atoms with E-state index in [1.807, 2.05) is 12.1 Å². The summed E-state index contributed by atoms with van der Waals surface area (Å²) in [7, 11) is 1.48. The number of imide groups is 2. The van der Waals surface area contributed by atoms with Crippen LogP contribution in [0.2, 0.25) is 5.02 Å². The van der Waals surface area contributed by atoms with E-state index in [0.717, 1.165) is 112 Å². The van der Waals surface area contributed by atoms with Crippen LogP contribution in [-0.4, -0.2) is 110 Å². The van der Waals surface area contributed by atoms with Crippen molar-refractivity contribution in [3.63, 3.8) is 0 Å². The Morgan fingerprint density at radius 1 is 0.810 bits per heavy atom. The highest BCUT2D eigenvalue weighted by molar-refractivity contribution is 6.36. The molecule has 13 nitrogen and oxygen atoms in total. The van der Waals surface area contributed by atoms with Crippen LogP contribution in [0.5, 0.6) is 5.75 Å². The number of fused-ring (bicyclic) bond motifs is 2. The number of carbonyl (C=O) groups excluding carboxylic acids is 4. The molecule has 0 spiro atoms. The van der Waals surface area contributed by atoms with Gasteiger partial charge < -0.3 is 24.4 Å². The van der Waals surface area contributed by atoms with Crippen LogP contribution < -0.4 is 24.8 Å². The molecule has 2 N–H and O–H groups in total. The highest BCUT2D eigenvalue weighted by Gasteiger charge is 2.46. The minimum Gasteiger partial charge on any atom is -0.496 e. The van der Waals surface area contributed by atoms with Gasteiger partial charge in [-0.15, -0.1) is 0 Å². The number of rotatable bonds is 8. The van der Waals surface area contributed by atoms with Crippen LogP contribution in [0, 0.1) is 17.2 Å². The molecule has 58 heavy (non-hydrogen) atoms. The summed E-state index contributed by atoms with van der Waals surface area (Å²) in [4.78, 5) is 65.2. The molecule has 9 rings (SSSR count). The molecule has 5 aliphatic rings. The normalized spacial score (nSPS) is 21.2. The molecule has 0 bridgehead atoms. The Morgan fingerprint density at radius 3 is 2.21 bits per heavy atom. The van der Waals surface area contributed by atoms with Gasteiger partial charge in [0.15, 0.2) is 0 Å². The Kier molecular flexibility index (Phi) is 10.2. The van der Waals surface area contributed by atoms with Gasteiger partial charge in [-0.25, -0.2) is 0 Å². The quantitative estimate of drug-likeness (QED) is 0.219. The number of benzene rings is 3. The fraction of sp³-hybridized carbons (Fsp3) is 0.432. The van der Waals surface area contributed by atoms with Crippen molar-refractivity contribution < 1.29 is 23.9 Å². The number of H-pyrrole nitrogens is 1. The van der Waals surface area contributed by atoms with Gasteiger partial charge in [0.05, 0.1) is 40.0 Å². The molecule has 4 amide bonds. The first-order chi connectivity index (χ1) is 28.2. The maximum absolute atomic E-state index is 13.5. The van der Waals surface area contributed by atoms with E-state index in [-0.39, 0.29) is 24.0 Å². The summed E-state index contributed by atoms with van der Waals surface area (Å²) < 4.78 is 5.61. The van der Waals surface area contributed by atoms with E-state index in [9.17, 15) is 24.4 Å². The lowest BCUT2D eigenvalue weighted by atomic mass is 9.89. The highest BCUT2D eigenvalue weighted by atomic mass is 35.5. The van der Waals surface area contributed by atoms with Crippen molar-refractivity contribution in [1.29, 1.82) is 5.26 Å². The molecule has 3 aromatic carbocycles. The molecule has 5 aliphatic heterocycles. The van der Waals surface area contributed by atoms with E-state index in [4.69, 9.17) is 16.3 Å². The molecule has 1 atom stereocenters. The number of aromatic nitrogens is 1. The second-order valence-corrected chi connectivity index (χ2v) is 16.6. The Hall–Kier alpha value is -5.58. The van der Waals surface area contributed by atoms with Gasteiger partial charge in [0.1, 0.15) is 17.9 Å². The van der Waals surface area contributed by atoms with Crippen molar-refractivity contribution in [2.75, 3.05) is 80.7 Å². The molecular weight excluding hydrogens is 756 g/mol. The van der Waals surface area contributed by atoms with Gasteiger partial charge in [-0.05, 0) is 79.8 Å². The monoisotopic (exact) mass is 802 g/mol. The summed E-state index contributed by atoms with van der Waals surface area (Å²) in [5.74, 6) is -0.657. The predicted octanol–water partition coefficient (Wildman–Crippen LogP) is 5.53. The van der Waals surface area contributed by atoms with Gasteiger partial charge in [-0.3, -0.25) is 34.3 Å². The number of amides is 4. The number of hydrogen-bond donors (Lipinski definition) is 2. The smallest absolute Gasteiger partial charge is 0.266 e. The topological polar surface area (TPSA) is 145 Å². The van der Waals surface area contributed by atoms with Gasteiger partial charge in [-0.1, -0.05) is 23.7 Å². The number of nitrogens with one attached hydrogen (secondary N) is 2. The molecule has 0 radical (unpaired) electrons. The van der Waals surface area contributed by atoms with Crippen LogP contribution in [-0.2, 0) is 9.59 Å². The number of aromatic amines is 1. The van der Waals surface area contributed by atoms with Gasteiger partial charge in [0.25, 0.3) is 11.8 Å². The summed E-state index contributed by atoms with van der Waals surface area (Å²) in [5, 5.41) is 13.2. The third-order valence-electron chi connectivity index (χ3n) is 13.0. The fourth-order valence-corrected chi connectivity index (χ4v) is 10.0. The fourth-order valence-electron chi connectivity index (χ4n) is 9.77. The zero-order valence-corrected chi connectivity index (χ0v) is 33.4. The molecule has 300 valence electrons. The molecule has 4 fully saturated rings. The number of methoxy groups -OCH3 is 1. The summed E-state index contributed by atoms with van der Waals surface area (Å²) in [6.07, 6.45) is 6.37. The maximum atomic E-state index is 13.5. The minimum absolute atomic E-state index is 0.0733. The standard InChI is InChI=1S/C44H47ClN8O5/c1-58-37-23-32(22-33-40(37)44(57)53(43(33)56)36-8-9-38(54)48-42(36)55)51-20-18-49(19-21-51)26-27-10-14-50(15-11-27)31-4-2-28(3-5-31)29-12-16-52(17-13-29)35-7-6-34(45)39-30(24-46)25-47-41(35)39/h2-7,22-23,25,27,29,36,47H,8-21,26H2,1H3,(H,48,54,55). The largest absolute Gasteiger partial charge is 0.496 e. The maximum Gasteiger partial charge on any atom is 0.266 e. The Labute approximate surface area is 342 Å². The average molecular weight is 803 g/mol. The molecule has 1 unspecified atom stereocenters. The molecule has 0 aliphatic carbocycles. The summed E-state index contributed by atoms with van der Waals surface area (Å²) >= 11 is 6.46. The minimum atomic E-state index is -1.02. The van der Waals surface area contributed by atoms with Crippen LogP contribution >= 0.6 is 11.6 Å². The number of carbonyl (C=O) groups is 4. The second kappa shape index (κ2) is 15.6. The second-order valence-electron chi connectivity index (χ2n) is 16.2. The number of anilines is 3. The van der Waals surface area contributed by atoms with Crippen LogP contribution in [0.15, 0.2) is 54.7 Å². The van der Waals surface area contributed by atoms with E-state index >= 15 is 0 Å². The van der Waals surface area contributed by atoms with Crippen LogP contribution in [0.25, 0.3) is 10.9 Å². The number of halogens is 1. The van der Waals surface area contributed by atoms with Crippen LogP contribution in [0.4, 0.5) is 17.1 Å². The number of nitriles is 1. The van der Waals surface area contributed by atoms with Crippen LogP contribution in [0.1, 0.15) is 76.3 Å². The van der Waals surface area contributed by atoms with Gasteiger partial charge >= 0.3 is 0 Å². The highest BCUT2D eigenvalue weighted by Crippen LogP contribution is 2.39. The van der Waals surface area contributed by atoms with Gasteiger partial charge in [-0.2, -0.15) is 5.26 Å². The number of hydrogen-bond acceptors (Lipinski definition) is 10.